The average molecular weight is 530 g/mol. The summed E-state index contributed by atoms with van der Waals surface area (Å²) in [6.45, 7) is 5.39. The Morgan fingerprint density at radius 2 is 1.97 bits per heavy atom. The van der Waals surface area contributed by atoms with E-state index in [2.05, 4.69) is 11.6 Å². The van der Waals surface area contributed by atoms with Crippen LogP contribution in [0.15, 0.2) is 72.3 Å². The molecule has 0 atom stereocenters. The molecule has 0 bridgehead atoms. The highest BCUT2D eigenvalue weighted by Gasteiger charge is 2.26. The first-order chi connectivity index (χ1) is 18.4. The molecule has 1 aliphatic rings. The maximum Gasteiger partial charge on any atom is 0.349 e. The number of amides is 1. The number of hydrogen-bond donors (Lipinski definition) is 0. The first-order valence-electron chi connectivity index (χ1n) is 11.8. The van der Waals surface area contributed by atoms with Crippen LogP contribution in [0, 0.1) is 6.92 Å². The number of ketones is 1. The number of aryl methyl sites for hydroxylation is 1. The van der Waals surface area contributed by atoms with E-state index >= 15 is 0 Å². The van der Waals surface area contributed by atoms with Crippen molar-refractivity contribution < 1.29 is 23.9 Å². The molecule has 2 aromatic heterocycles. The molecule has 0 unspecified atom stereocenters. The molecule has 5 rings (SSSR count). The van der Waals surface area contributed by atoms with Gasteiger partial charge in [-0.3, -0.25) is 19.0 Å². The van der Waals surface area contributed by atoms with E-state index in [4.69, 9.17) is 9.47 Å². The number of anilines is 1. The second-order valence-corrected chi connectivity index (χ2v) is 9.66. The number of esters is 1. The number of Topliss-reactive ketones (excluding diaryl/α,β-unsaturated/α-hetero) is 1. The zero-order valence-electron chi connectivity index (χ0n) is 20.5. The molecule has 1 amide bonds. The van der Waals surface area contributed by atoms with Crippen molar-refractivity contribution >= 4 is 44.9 Å². The minimum Gasteiger partial charge on any atom is -0.482 e. The Kier molecular flexibility index (Phi) is 6.89. The molecule has 0 spiro atoms. The molecule has 2 aromatic carbocycles. The van der Waals surface area contributed by atoms with Crippen LogP contribution >= 0.6 is 11.3 Å². The van der Waals surface area contributed by atoms with Gasteiger partial charge in [-0.05, 0) is 36.2 Å². The Morgan fingerprint density at radius 1 is 1.18 bits per heavy atom. The molecular formula is C28H23N3O6S. The van der Waals surface area contributed by atoms with Crippen LogP contribution in [0.1, 0.15) is 31.2 Å². The Morgan fingerprint density at radius 3 is 2.74 bits per heavy atom. The second-order valence-electron chi connectivity index (χ2n) is 8.66. The van der Waals surface area contributed by atoms with E-state index in [0.29, 0.717) is 32.3 Å². The van der Waals surface area contributed by atoms with Crippen molar-refractivity contribution in [2.24, 2.45) is 0 Å². The third kappa shape index (κ3) is 4.73. The summed E-state index contributed by atoms with van der Waals surface area (Å²) >= 11 is 1.08. The van der Waals surface area contributed by atoms with Crippen molar-refractivity contribution in [3.63, 3.8) is 0 Å². The van der Waals surface area contributed by atoms with Gasteiger partial charge in [0.05, 0.1) is 23.9 Å². The summed E-state index contributed by atoms with van der Waals surface area (Å²) in [5, 5.41) is 0.276. The van der Waals surface area contributed by atoms with Crippen molar-refractivity contribution in [3.8, 4) is 5.75 Å². The third-order valence-corrected chi connectivity index (χ3v) is 7.34. The highest BCUT2D eigenvalue weighted by Crippen LogP contribution is 2.33. The number of carbonyl (C=O) groups is 3. The van der Waals surface area contributed by atoms with Gasteiger partial charge < -0.3 is 14.4 Å². The average Bonchev–Trinajstić information content (AvgIpc) is 3.27. The molecule has 10 heteroatoms. The number of fused-ring (bicyclic) bond motifs is 2. The number of thiophene rings is 1. The maximum absolute atomic E-state index is 13.3. The normalized spacial score (nSPS) is 12.7. The van der Waals surface area contributed by atoms with Gasteiger partial charge in [0, 0.05) is 12.1 Å². The van der Waals surface area contributed by atoms with Crippen LogP contribution in [-0.2, 0) is 22.7 Å². The summed E-state index contributed by atoms with van der Waals surface area (Å²) < 4.78 is 12.1. The van der Waals surface area contributed by atoms with Crippen LogP contribution in [0.5, 0.6) is 5.75 Å². The van der Waals surface area contributed by atoms with Gasteiger partial charge in [0.2, 0.25) is 0 Å². The van der Waals surface area contributed by atoms with Crippen molar-refractivity contribution in [1.82, 2.24) is 9.55 Å². The smallest absolute Gasteiger partial charge is 0.349 e. The lowest BCUT2D eigenvalue weighted by Crippen LogP contribution is -2.39. The van der Waals surface area contributed by atoms with E-state index in [1.54, 1.807) is 31.2 Å². The van der Waals surface area contributed by atoms with E-state index in [-0.39, 0.29) is 43.4 Å². The highest BCUT2D eigenvalue weighted by molar-refractivity contribution is 7.20. The molecule has 3 heterocycles. The van der Waals surface area contributed by atoms with Gasteiger partial charge in [-0.25, -0.2) is 9.78 Å². The zero-order chi connectivity index (χ0) is 26.8. The molecule has 0 saturated carbocycles. The van der Waals surface area contributed by atoms with E-state index in [1.165, 1.54) is 15.8 Å². The maximum atomic E-state index is 13.3. The Balaban J connectivity index is 1.39. The number of benzene rings is 2. The summed E-state index contributed by atoms with van der Waals surface area (Å²) in [5.74, 6) is -0.628. The lowest BCUT2D eigenvalue weighted by molar-refractivity contribution is -0.121. The summed E-state index contributed by atoms with van der Waals surface area (Å²) in [7, 11) is 0. The highest BCUT2D eigenvalue weighted by atomic mass is 32.1. The van der Waals surface area contributed by atoms with E-state index in [9.17, 15) is 19.2 Å². The van der Waals surface area contributed by atoms with Gasteiger partial charge in [-0.1, -0.05) is 36.4 Å². The summed E-state index contributed by atoms with van der Waals surface area (Å²) in [4.78, 5) is 57.9. The molecule has 9 nitrogen and oxygen atoms in total. The van der Waals surface area contributed by atoms with E-state index in [0.717, 1.165) is 16.9 Å². The number of rotatable bonds is 8. The van der Waals surface area contributed by atoms with Crippen LogP contribution < -0.4 is 15.2 Å². The standard InChI is InChI=1S/C28H23N3O6S/c1-3-11-31-20-12-19(9-10-22(20)36-15-23(31)33)21(32)13-30-16-29-26-24(27(30)34)17(2)25(38-26)28(35)37-14-18-7-5-4-6-8-18/h3-10,12,16H,1,11,13-15H2,2H3. The van der Waals surface area contributed by atoms with Crippen LogP contribution in [0.25, 0.3) is 10.2 Å². The van der Waals surface area contributed by atoms with Crippen molar-refractivity contribution in [1.29, 1.82) is 0 Å². The number of carbonyl (C=O) groups excluding carboxylic acids is 3. The quantitative estimate of drug-likeness (QED) is 0.193. The fraction of sp³-hybridized carbons (Fsp3) is 0.179. The lowest BCUT2D eigenvalue weighted by atomic mass is 10.1. The van der Waals surface area contributed by atoms with Crippen LogP contribution in [0.3, 0.4) is 0 Å². The number of ether oxygens (including phenoxy) is 2. The zero-order valence-corrected chi connectivity index (χ0v) is 21.3. The fourth-order valence-corrected chi connectivity index (χ4v) is 5.24. The number of aromatic nitrogens is 2. The molecule has 1 aliphatic heterocycles. The fourth-order valence-electron chi connectivity index (χ4n) is 4.21. The van der Waals surface area contributed by atoms with Gasteiger partial charge in [-0.2, -0.15) is 0 Å². The molecule has 38 heavy (non-hydrogen) atoms. The summed E-state index contributed by atoms with van der Waals surface area (Å²) in [6, 6.07) is 14.1. The van der Waals surface area contributed by atoms with Gasteiger partial charge in [0.1, 0.15) is 22.1 Å². The predicted octanol–water partition coefficient (Wildman–Crippen LogP) is 3.92. The Hall–Kier alpha value is -4.57. The first kappa shape index (κ1) is 25.1. The van der Waals surface area contributed by atoms with Gasteiger partial charge in [0.15, 0.2) is 12.4 Å². The van der Waals surface area contributed by atoms with Crippen molar-refractivity contribution in [3.05, 3.63) is 99.4 Å². The Labute approximate surface area is 221 Å². The molecule has 0 radical (unpaired) electrons. The van der Waals surface area contributed by atoms with Crippen LogP contribution in [0.2, 0.25) is 0 Å². The predicted molar refractivity (Wildman–Crippen MR) is 143 cm³/mol. The minimum atomic E-state index is -0.536. The number of hydrogen-bond acceptors (Lipinski definition) is 8. The summed E-state index contributed by atoms with van der Waals surface area (Å²) in [6.07, 6.45) is 2.89. The van der Waals surface area contributed by atoms with E-state index < -0.39 is 11.5 Å². The minimum absolute atomic E-state index is 0.0863. The Bertz CT molecular complexity index is 1640. The van der Waals surface area contributed by atoms with Gasteiger partial charge >= 0.3 is 5.97 Å². The molecule has 4 aromatic rings. The van der Waals surface area contributed by atoms with Crippen molar-refractivity contribution in [2.45, 2.75) is 20.1 Å². The SMILES string of the molecule is C=CCN1C(=O)COc2ccc(C(=O)Cn3cnc4sc(C(=O)OCc5ccccc5)c(C)c4c3=O)cc21. The second kappa shape index (κ2) is 10.4. The molecule has 0 aliphatic carbocycles. The van der Waals surface area contributed by atoms with Crippen molar-refractivity contribution in [2.75, 3.05) is 18.1 Å². The topological polar surface area (TPSA) is 108 Å². The molecule has 0 N–H and O–H groups in total. The molecular weight excluding hydrogens is 506 g/mol. The number of nitrogens with zero attached hydrogens (tertiary/aromatic N) is 3. The molecule has 0 fully saturated rings. The molecule has 0 saturated heterocycles. The van der Waals surface area contributed by atoms with E-state index in [1.807, 2.05) is 30.3 Å². The molecule has 192 valence electrons. The summed E-state index contributed by atoms with van der Waals surface area (Å²) in [5.41, 5.74) is 1.68. The third-order valence-electron chi connectivity index (χ3n) is 6.16. The van der Waals surface area contributed by atoms with Gasteiger partial charge in [0.25, 0.3) is 11.5 Å². The van der Waals surface area contributed by atoms with Gasteiger partial charge in [-0.15, -0.1) is 17.9 Å². The monoisotopic (exact) mass is 529 g/mol. The lowest BCUT2D eigenvalue weighted by Gasteiger charge is -2.28. The van der Waals surface area contributed by atoms with Crippen LogP contribution in [-0.4, -0.2) is 40.4 Å². The first-order valence-corrected chi connectivity index (χ1v) is 12.6. The largest absolute Gasteiger partial charge is 0.482 e. The van der Waals surface area contributed by atoms with Crippen LogP contribution in [0.4, 0.5) is 5.69 Å².